The van der Waals surface area contributed by atoms with Gasteiger partial charge in [-0.25, -0.2) is 14.8 Å². The third kappa shape index (κ3) is 4.85. The zero-order valence-corrected chi connectivity index (χ0v) is 13.1. The molecule has 9 heteroatoms. The van der Waals surface area contributed by atoms with Crippen molar-refractivity contribution < 1.29 is 14.3 Å². The number of carbonyl (C=O) groups excluding carboxylic acids is 2. The second-order valence-corrected chi connectivity index (χ2v) is 5.35. The first-order valence-electron chi connectivity index (χ1n) is 6.49. The minimum atomic E-state index is -0.473. The molecule has 23 heavy (non-hydrogen) atoms. The van der Waals surface area contributed by atoms with Crippen molar-refractivity contribution in [3.63, 3.8) is 0 Å². The third-order valence-electron chi connectivity index (χ3n) is 2.65. The molecule has 0 saturated carbocycles. The number of anilines is 3. The molecule has 5 N–H and O–H groups in total. The van der Waals surface area contributed by atoms with Gasteiger partial charge >= 0.3 is 5.97 Å². The number of hydrogen-bond acceptors (Lipinski definition) is 8. The number of carbonyl (C=O) groups is 2. The molecule has 120 valence electrons. The molecule has 8 nitrogen and oxygen atoms in total. The Morgan fingerprint density at radius 2 is 1.91 bits per heavy atom. The molecular weight excluding hydrogens is 318 g/mol. The summed E-state index contributed by atoms with van der Waals surface area (Å²) in [6.45, 7) is 0. The Morgan fingerprint density at radius 1 is 1.22 bits per heavy atom. The van der Waals surface area contributed by atoms with E-state index in [9.17, 15) is 9.59 Å². The van der Waals surface area contributed by atoms with Gasteiger partial charge in [-0.15, -0.1) is 0 Å². The van der Waals surface area contributed by atoms with E-state index in [-0.39, 0.29) is 23.3 Å². The first-order valence-corrected chi connectivity index (χ1v) is 7.47. The highest BCUT2D eigenvalue weighted by molar-refractivity contribution is 7.99. The summed E-state index contributed by atoms with van der Waals surface area (Å²) >= 11 is 1.11. The number of ether oxygens (including phenoxy) is 1. The number of amides is 1. The lowest BCUT2D eigenvalue weighted by atomic mass is 10.2. The van der Waals surface area contributed by atoms with Gasteiger partial charge in [0.05, 0.1) is 18.4 Å². The van der Waals surface area contributed by atoms with Crippen molar-refractivity contribution in [3.05, 3.63) is 35.9 Å². The van der Waals surface area contributed by atoms with Gasteiger partial charge in [-0.3, -0.25) is 4.79 Å². The summed E-state index contributed by atoms with van der Waals surface area (Å²) in [5, 5.41) is 3.00. The van der Waals surface area contributed by atoms with Crippen molar-refractivity contribution in [2.24, 2.45) is 0 Å². The van der Waals surface area contributed by atoms with E-state index in [2.05, 4.69) is 20.0 Å². The maximum atomic E-state index is 11.9. The van der Waals surface area contributed by atoms with Crippen LogP contribution in [0.1, 0.15) is 10.4 Å². The third-order valence-corrected chi connectivity index (χ3v) is 3.49. The Morgan fingerprint density at radius 3 is 2.57 bits per heavy atom. The molecule has 0 bridgehead atoms. The van der Waals surface area contributed by atoms with E-state index in [0.717, 1.165) is 11.8 Å². The number of rotatable bonds is 5. The van der Waals surface area contributed by atoms with Gasteiger partial charge in [-0.1, -0.05) is 17.8 Å². The number of nitrogen functional groups attached to an aromatic ring is 2. The van der Waals surface area contributed by atoms with Crippen LogP contribution in [0.5, 0.6) is 0 Å². The van der Waals surface area contributed by atoms with E-state index in [4.69, 9.17) is 11.5 Å². The summed E-state index contributed by atoms with van der Waals surface area (Å²) in [5.74, 6) is -0.191. The summed E-state index contributed by atoms with van der Waals surface area (Å²) in [6, 6.07) is 7.88. The zero-order chi connectivity index (χ0) is 16.8. The van der Waals surface area contributed by atoms with Gasteiger partial charge in [0, 0.05) is 11.8 Å². The van der Waals surface area contributed by atoms with Crippen LogP contribution in [-0.2, 0) is 9.53 Å². The largest absolute Gasteiger partial charge is 0.465 e. The van der Waals surface area contributed by atoms with Crippen molar-refractivity contribution in [2.75, 3.05) is 29.6 Å². The smallest absolute Gasteiger partial charge is 0.337 e. The van der Waals surface area contributed by atoms with Crippen molar-refractivity contribution in [2.45, 2.75) is 5.16 Å². The fraction of sp³-hybridized carbons (Fsp3) is 0.143. The zero-order valence-electron chi connectivity index (χ0n) is 12.3. The molecule has 1 amide bonds. The fourth-order valence-electron chi connectivity index (χ4n) is 1.70. The van der Waals surface area contributed by atoms with Crippen molar-refractivity contribution in [3.8, 4) is 0 Å². The van der Waals surface area contributed by atoms with Crippen LogP contribution in [0.3, 0.4) is 0 Å². The Kier molecular flexibility index (Phi) is 5.36. The number of nitrogens with zero attached hydrogens (tertiary/aromatic N) is 2. The Hall–Kier alpha value is -2.81. The minimum absolute atomic E-state index is 0.0747. The quantitative estimate of drug-likeness (QED) is 0.421. The highest BCUT2D eigenvalue weighted by Crippen LogP contribution is 2.17. The second-order valence-electron chi connectivity index (χ2n) is 4.41. The van der Waals surface area contributed by atoms with E-state index in [1.54, 1.807) is 18.2 Å². The van der Waals surface area contributed by atoms with Gasteiger partial charge in [0.2, 0.25) is 5.91 Å². The maximum absolute atomic E-state index is 11.9. The number of benzene rings is 1. The highest BCUT2D eigenvalue weighted by atomic mass is 32.2. The molecule has 1 aromatic carbocycles. The topological polar surface area (TPSA) is 133 Å². The monoisotopic (exact) mass is 333 g/mol. The van der Waals surface area contributed by atoms with Gasteiger partial charge in [-0.05, 0) is 18.2 Å². The SMILES string of the molecule is COC(=O)c1cccc(NC(=O)CSc2nc(N)cc(N)n2)c1. The van der Waals surface area contributed by atoms with Gasteiger partial charge in [0.1, 0.15) is 11.6 Å². The molecule has 0 aliphatic heterocycles. The van der Waals surface area contributed by atoms with Crippen LogP contribution in [0.15, 0.2) is 35.5 Å². The fourth-order valence-corrected chi connectivity index (χ4v) is 2.37. The van der Waals surface area contributed by atoms with E-state index in [0.29, 0.717) is 16.4 Å². The first-order chi connectivity index (χ1) is 11.0. The molecule has 0 aliphatic carbocycles. The summed E-state index contributed by atoms with van der Waals surface area (Å²) in [6.07, 6.45) is 0. The summed E-state index contributed by atoms with van der Waals surface area (Å²) < 4.78 is 4.63. The molecule has 0 aliphatic rings. The lowest BCUT2D eigenvalue weighted by molar-refractivity contribution is -0.113. The van der Waals surface area contributed by atoms with Crippen LogP contribution in [0.2, 0.25) is 0 Å². The molecule has 1 heterocycles. The standard InChI is InChI=1S/C14H15N5O3S/c1-22-13(21)8-3-2-4-9(5-8)17-12(20)7-23-14-18-10(15)6-11(16)19-14/h2-6H,7H2,1H3,(H,17,20)(H4,15,16,18,19). The van der Waals surface area contributed by atoms with E-state index < -0.39 is 5.97 Å². The molecule has 2 aromatic rings. The van der Waals surface area contributed by atoms with Crippen LogP contribution in [0, 0.1) is 0 Å². The first kappa shape index (κ1) is 16.6. The molecular formula is C14H15N5O3S. The molecule has 0 spiro atoms. The van der Waals surface area contributed by atoms with E-state index in [1.165, 1.54) is 19.2 Å². The average molecular weight is 333 g/mol. The number of nitrogens with one attached hydrogen (secondary N) is 1. The number of aromatic nitrogens is 2. The Labute approximate surface area is 136 Å². The van der Waals surface area contributed by atoms with E-state index >= 15 is 0 Å². The number of methoxy groups -OCH3 is 1. The van der Waals surface area contributed by atoms with Crippen LogP contribution in [0.4, 0.5) is 17.3 Å². The molecule has 1 aromatic heterocycles. The van der Waals surface area contributed by atoms with Crippen molar-refractivity contribution in [1.29, 1.82) is 0 Å². The normalized spacial score (nSPS) is 10.1. The summed E-state index contributed by atoms with van der Waals surface area (Å²) in [7, 11) is 1.29. The minimum Gasteiger partial charge on any atom is -0.465 e. The molecule has 0 unspecified atom stereocenters. The average Bonchev–Trinajstić information content (AvgIpc) is 2.51. The van der Waals surface area contributed by atoms with Gasteiger partial charge in [-0.2, -0.15) is 0 Å². The van der Waals surface area contributed by atoms with Gasteiger partial charge in [0.15, 0.2) is 5.16 Å². The number of nitrogens with two attached hydrogens (primary N) is 2. The maximum Gasteiger partial charge on any atom is 0.337 e. The number of esters is 1. The van der Waals surface area contributed by atoms with E-state index in [1.807, 2.05) is 0 Å². The Bertz CT molecular complexity index is 718. The van der Waals surface area contributed by atoms with Crippen LogP contribution in [-0.4, -0.2) is 34.7 Å². The lowest BCUT2D eigenvalue weighted by Crippen LogP contribution is -2.15. The van der Waals surface area contributed by atoms with Crippen molar-refractivity contribution in [1.82, 2.24) is 9.97 Å². The number of hydrogen-bond donors (Lipinski definition) is 3. The van der Waals surface area contributed by atoms with Gasteiger partial charge < -0.3 is 21.5 Å². The van der Waals surface area contributed by atoms with Crippen LogP contribution in [0.25, 0.3) is 0 Å². The van der Waals surface area contributed by atoms with Gasteiger partial charge in [0.25, 0.3) is 0 Å². The van der Waals surface area contributed by atoms with Crippen LogP contribution < -0.4 is 16.8 Å². The highest BCUT2D eigenvalue weighted by Gasteiger charge is 2.09. The Balaban J connectivity index is 1.96. The lowest BCUT2D eigenvalue weighted by Gasteiger charge is -2.07. The number of thioether (sulfide) groups is 1. The summed E-state index contributed by atoms with van der Waals surface area (Å²) in [5.41, 5.74) is 12.0. The summed E-state index contributed by atoms with van der Waals surface area (Å²) in [4.78, 5) is 31.3. The molecule has 0 radical (unpaired) electrons. The van der Waals surface area contributed by atoms with Crippen molar-refractivity contribution >= 4 is 41.0 Å². The molecule has 0 saturated heterocycles. The van der Waals surface area contributed by atoms with Crippen LogP contribution >= 0.6 is 11.8 Å². The predicted octanol–water partition coefficient (Wildman–Crippen LogP) is 1.16. The molecule has 0 fully saturated rings. The predicted molar refractivity (Wildman–Crippen MR) is 88.0 cm³/mol. The molecule has 0 atom stereocenters. The molecule has 2 rings (SSSR count). The second kappa shape index (κ2) is 7.45.